The van der Waals surface area contributed by atoms with Crippen molar-refractivity contribution >= 4 is 51.3 Å². The van der Waals surface area contributed by atoms with E-state index in [0.29, 0.717) is 50.8 Å². The summed E-state index contributed by atoms with van der Waals surface area (Å²) in [6.07, 6.45) is 0.839. The van der Waals surface area contributed by atoms with Gasteiger partial charge in [0, 0.05) is 49.6 Å². The highest BCUT2D eigenvalue weighted by atomic mass is 35.5. The van der Waals surface area contributed by atoms with E-state index >= 15 is 0 Å². The molecule has 3 aromatic carbocycles. The Hall–Kier alpha value is -3.38. The lowest BCUT2D eigenvalue weighted by Gasteiger charge is -2.37. The highest BCUT2D eigenvalue weighted by Crippen LogP contribution is 2.41. The average molecular weight is 600 g/mol. The number of hydrogen-bond acceptors (Lipinski definition) is 7. The molecule has 0 saturated carbocycles. The van der Waals surface area contributed by atoms with Gasteiger partial charge in [-0.25, -0.2) is 0 Å². The molecule has 0 radical (unpaired) electrons. The number of ether oxygens (including phenoxy) is 3. The topological polar surface area (TPSA) is 87.1 Å². The van der Waals surface area contributed by atoms with Crippen molar-refractivity contribution < 1.29 is 19.0 Å². The molecule has 218 valence electrons. The van der Waals surface area contributed by atoms with E-state index in [0.717, 1.165) is 49.9 Å². The minimum absolute atomic E-state index is 0.208. The second-order valence-electron chi connectivity index (χ2n) is 11.0. The second-order valence-corrected chi connectivity index (χ2v) is 11.8. The fourth-order valence-electron chi connectivity index (χ4n) is 4.87. The first-order chi connectivity index (χ1) is 19.5. The van der Waals surface area contributed by atoms with Crippen LogP contribution in [0.25, 0.3) is 10.8 Å². The third-order valence-corrected chi connectivity index (χ3v) is 7.71. The Balaban J connectivity index is 1.45. The van der Waals surface area contributed by atoms with Gasteiger partial charge < -0.3 is 24.4 Å². The largest absolute Gasteiger partial charge is 0.495 e. The molecule has 1 N–H and O–H groups in total. The van der Waals surface area contributed by atoms with E-state index in [1.165, 1.54) is 7.11 Å². The molecule has 1 fully saturated rings. The molecule has 1 saturated heterocycles. The van der Waals surface area contributed by atoms with Gasteiger partial charge in [-0.15, -0.1) is 0 Å². The molecule has 0 aromatic heterocycles. The van der Waals surface area contributed by atoms with Crippen molar-refractivity contribution in [1.29, 1.82) is 5.26 Å². The smallest absolute Gasteiger partial charge is 0.228 e. The van der Waals surface area contributed by atoms with E-state index in [-0.39, 0.29) is 11.3 Å². The standard InChI is InChI=1S/C31H36Cl2N4O4/c1-31(2,3)30(38)37-12-10-36(11-13-37)9-6-14-41-28-15-20-7-8-21(19-34)29(22(20)16-27(28)40-5)35-25-18-26(39-4)24(33)17-23(25)32/h7-8,15-18,35H,6,9-14H2,1-5H3. The van der Waals surface area contributed by atoms with Crippen molar-refractivity contribution in [2.45, 2.75) is 27.2 Å². The number of nitrogens with one attached hydrogen (secondary N) is 1. The first-order valence-corrected chi connectivity index (χ1v) is 14.3. The molecule has 0 aliphatic carbocycles. The summed E-state index contributed by atoms with van der Waals surface area (Å²) in [5.41, 5.74) is 1.24. The number of fused-ring (bicyclic) bond motifs is 1. The van der Waals surface area contributed by atoms with Crippen molar-refractivity contribution in [1.82, 2.24) is 9.80 Å². The quantitative estimate of drug-likeness (QED) is 0.273. The number of halogens is 2. The summed E-state index contributed by atoms with van der Waals surface area (Å²) < 4.78 is 17.2. The Bertz CT molecular complexity index is 1460. The number of benzene rings is 3. The molecule has 3 aromatic rings. The fourth-order valence-corrected chi connectivity index (χ4v) is 5.37. The minimum Gasteiger partial charge on any atom is -0.495 e. The lowest BCUT2D eigenvalue weighted by atomic mass is 9.94. The molecule has 1 amide bonds. The number of nitriles is 1. The van der Waals surface area contributed by atoms with Gasteiger partial charge in [0.1, 0.15) is 11.8 Å². The molecule has 1 heterocycles. The van der Waals surface area contributed by atoms with E-state index in [1.54, 1.807) is 25.3 Å². The molecule has 0 atom stereocenters. The van der Waals surface area contributed by atoms with Crippen LogP contribution in [0.4, 0.5) is 11.4 Å². The predicted octanol–water partition coefficient (Wildman–Crippen LogP) is 6.74. The van der Waals surface area contributed by atoms with Crippen molar-refractivity contribution in [2.75, 3.05) is 58.9 Å². The van der Waals surface area contributed by atoms with E-state index < -0.39 is 0 Å². The van der Waals surface area contributed by atoms with Gasteiger partial charge in [0.25, 0.3) is 0 Å². The number of piperazine rings is 1. The zero-order valence-corrected chi connectivity index (χ0v) is 25.7. The number of amides is 1. The van der Waals surface area contributed by atoms with Crippen LogP contribution < -0.4 is 19.5 Å². The van der Waals surface area contributed by atoms with Crippen LogP contribution in [0.5, 0.6) is 17.2 Å². The Kier molecular flexibility index (Phi) is 9.75. The molecule has 0 bridgehead atoms. The maximum atomic E-state index is 12.5. The maximum absolute atomic E-state index is 12.5. The van der Waals surface area contributed by atoms with Crippen molar-refractivity contribution in [3.05, 3.63) is 52.0 Å². The molecule has 1 aliphatic heterocycles. The summed E-state index contributed by atoms with van der Waals surface area (Å²) in [5, 5.41) is 15.6. The fraction of sp³-hybridized carbons (Fsp3) is 0.419. The van der Waals surface area contributed by atoms with Gasteiger partial charge in [0.05, 0.1) is 47.8 Å². The Labute approximate surface area is 251 Å². The number of anilines is 2. The summed E-state index contributed by atoms with van der Waals surface area (Å²) in [6, 6.07) is 13.0. The van der Waals surface area contributed by atoms with E-state index in [1.807, 2.05) is 43.9 Å². The van der Waals surface area contributed by atoms with E-state index in [9.17, 15) is 10.1 Å². The van der Waals surface area contributed by atoms with E-state index in [4.69, 9.17) is 37.4 Å². The molecular formula is C31H36Cl2N4O4. The minimum atomic E-state index is -0.349. The van der Waals surface area contributed by atoms with Crippen LogP contribution >= 0.6 is 23.2 Å². The zero-order chi connectivity index (χ0) is 29.7. The molecule has 10 heteroatoms. The maximum Gasteiger partial charge on any atom is 0.228 e. The summed E-state index contributed by atoms with van der Waals surface area (Å²) >= 11 is 12.7. The summed E-state index contributed by atoms with van der Waals surface area (Å²) in [6.45, 7) is 10.5. The molecule has 0 unspecified atom stereocenters. The van der Waals surface area contributed by atoms with Gasteiger partial charge in [-0.2, -0.15) is 5.26 Å². The van der Waals surface area contributed by atoms with Crippen LogP contribution in [0.15, 0.2) is 36.4 Å². The van der Waals surface area contributed by atoms with Gasteiger partial charge in [0.15, 0.2) is 11.5 Å². The lowest BCUT2D eigenvalue weighted by Crippen LogP contribution is -2.51. The number of hydrogen-bond donors (Lipinski definition) is 1. The van der Waals surface area contributed by atoms with Crippen LogP contribution in [-0.4, -0.2) is 69.3 Å². The van der Waals surface area contributed by atoms with Gasteiger partial charge in [0.2, 0.25) is 5.91 Å². The van der Waals surface area contributed by atoms with Crippen LogP contribution in [0, 0.1) is 16.7 Å². The Morgan fingerprint density at radius 3 is 2.32 bits per heavy atom. The number of methoxy groups -OCH3 is 2. The first kappa shape index (κ1) is 30.6. The molecule has 8 nitrogen and oxygen atoms in total. The number of nitrogens with zero attached hydrogens (tertiary/aromatic N) is 3. The van der Waals surface area contributed by atoms with Crippen LogP contribution in [0.2, 0.25) is 10.0 Å². The van der Waals surface area contributed by atoms with Gasteiger partial charge in [-0.3, -0.25) is 9.69 Å². The summed E-state index contributed by atoms with van der Waals surface area (Å²) in [5.74, 6) is 1.86. The molecule has 4 rings (SSSR count). The van der Waals surface area contributed by atoms with Crippen molar-refractivity contribution in [3.8, 4) is 23.3 Å². The SMILES string of the molecule is COc1cc(Nc2c(C#N)ccc3cc(OCCCN4CCN(C(=O)C(C)(C)C)CC4)c(OC)cc23)c(Cl)cc1Cl. The van der Waals surface area contributed by atoms with Crippen molar-refractivity contribution in [2.24, 2.45) is 5.41 Å². The molecule has 1 aliphatic rings. The number of rotatable bonds is 9. The van der Waals surface area contributed by atoms with Crippen LogP contribution in [0.1, 0.15) is 32.8 Å². The average Bonchev–Trinajstić information content (AvgIpc) is 2.95. The third kappa shape index (κ3) is 7.10. The lowest BCUT2D eigenvalue weighted by molar-refractivity contribution is -0.141. The third-order valence-electron chi connectivity index (χ3n) is 7.10. The second kappa shape index (κ2) is 13.1. The number of carbonyl (C=O) groups excluding carboxylic acids is 1. The van der Waals surface area contributed by atoms with Crippen molar-refractivity contribution in [3.63, 3.8) is 0 Å². The Morgan fingerprint density at radius 1 is 0.976 bits per heavy atom. The van der Waals surface area contributed by atoms with Crippen LogP contribution in [-0.2, 0) is 4.79 Å². The summed E-state index contributed by atoms with van der Waals surface area (Å²) in [4.78, 5) is 16.9. The molecule has 41 heavy (non-hydrogen) atoms. The first-order valence-electron chi connectivity index (χ1n) is 13.5. The van der Waals surface area contributed by atoms with Gasteiger partial charge in [-0.05, 0) is 36.1 Å². The highest BCUT2D eigenvalue weighted by Gasteiger charge is 2.29. The predicted molar refractivity (Wildman–Crippen MR) is 164 cm³/mol. The highest BCUT2D eigenvalue weighted by molar-refractivity contribution is 6.37. The number of carbonyl (C=O) groups is 1. The summed E-state index contributed by atoms with van der Waals surface area (Å²) in [7, 11) is 3.12. The Morgan fingerprint density at radius 2 is 1.68 bits per heavy atom. The monoisotopic (exact) mass is 598 g/mol. The van der Waals surface area contributed by atoms with Gasteiger partial charge >= 0.3 is 0 Å². The van der Waals surface area contributed by atoms with Crippen LogP contribution in [0.3, 0.4) is 0 Å². The zero-order valence-electron chi connectivity index (χ0n) is 24.1. The van der Waals surface area contributed by atoms with E-state index in [2.05, 4.69) is 16.3 Å². The molecule has 0 spiro atoms. The molecular weight excluding hydrogens is 563 g/mol. The van der Waals surface area contributed by atoms with Gasteiger partial charge in [-0.1, -0.05) is 50.0 Å². The normalized spacial score (nSPS) is 14.0.